The fraction of sp³-hybridized carbons (Fsp3) is 0.250. The summed E-state index contributed by atoms with van der Waals surface area (Å²) in [7, 11) is 0. The highest BCUT2D eigenvalue weighted by atomic mass is 35.5. The third-order valence-electron chi connectivity index (χ3n) is 2.62. The first-order valence-corrected chi connectivity index (χ1v) is 5.43. The van der Waals surface area contributed by atoms with Crippen molar-refractivity contribution in [2.24, 2.45) is 0 Å². The minimum Gasteiger partial charge on any atom is -0.481 e. The molecule has 84 valence electrons. The van der Waals surface area contributed by atoms with Gasteiger partial charge in [-0.05, 0) is 12.5 Å². The predicted octanol–water partition coefficient (Wildman–Crippen LogP) is 3.08. The van der Waals surface area contributed by atoms with Gasteiger partial charge in [0, 0.05) is 18.1 Å². The van der Waals surface area contributed by atoms with Crippen LogP contribution in [0.25, 0.3) is 10.9 Å². The molecule has 0 saturated heterocycles. The van der Waals surface area contributed by atoms with E-state index >= 15 is 0 Å². The van der Waals surface area contributed by atoms with E-state index in [1.165, 1.54) is 0 Å². The van der Waals surface area contributed by atoms with E-state index in [-0.39, 0.29) is 6.42 Å². The van der Waals surface area contributed by atoms with E-state index in [0.29, 0.717) is 11.6 Å². The maximum absolute atomic E-state index is 10.6. The smallest absolute Gasteiger partial charge is 0.305 e. The number of hydrogen-bond donors (Lipinski definition) is 1. The van der Waals surface area contributed by atoms with Crippen LogP contribution in [-0.2, 0) is 11.3 Å². The second-order valence-corrected chi connectivity index (χ2v) is 4.19. The van der Waals surface area contributed by atoms with Crippen LogP contribution in [0.15, 0.2) is 24.4 Å². The largest absolute Gasteiger partial charge is 0.481 e. The van der Waals surface area contributed by atoms with Gasteiger partial charge in [-0.3, -0.25) is 4.79 Å². The van der Waals surface area contributed by atoms with Crippen LogP contribution in [0.2, 0.25) is 5.02 Å². The second-order valence-electron chi connectivity index (χ2n) is 3.79. The molecule has 1 aromatic carbocycles. The van der Waals surface area contributed by atoms with E-state index in [4.69, 9.17) is 16.7 Å². The maximum atomic E-state index is 10.6. The lowest BCUT2D eigenvalue weighted by atomic mass is 10.2. The number of para-hydroxylation sites is 1. The average Bonchev–Trinajstić information content (AvgIpc) is 2.55. The van der Waals surface area contributed by atoms with Crippen LogP contribution >= 0.6 is 11.6 Å². The summed E-state index contributed by atoms with van der Waals surface area (Å²) in [6.45, 7) is 2.44. The molecule has 0 aliphatic heterocycles. The number of fused-ring (bicyclic) bond motifs is 1. The molecule has 2 rings (SSSR count). The van der Waals surface area contributed by atoms with Crippen LogP contribution in [0.1, 0.15) is 12.0 Å². The fourth-order valence-corrected chi connectivity index (χ4v) is 2.17. The van der Waals surface area contributed by atoms with E-state index in [2.05, 4.69) is 0 Å². The number of nitrogens with zero attached hydrogens (tertiary/aromatic N) is 1. The van der Waals surface area contributed by atoms with Crippen molar-refractivity contribution in [1.29, 1.82) is 0 Å². The van der Waals surface area contributed by atoms with E-state index < -0.39 is 5.97 Å². The van der Waals surface area contributed by atoms with Gasteiger partial charge >= 0.3 is 5.97 Å². The van der Waals surface area contributed by atoms with Gasteiger partial charge in [0.15, 0.2) is 0 Å². The number of benzene rings is 1. The van der Waals surface area contributed by atoms with Gasteiger partial charge in [0.2, 0.25) is 0 Å². The Morgan fingerprint density at radius 1 is 1.50 bits per heavy atom. The fourth-order valence-electron chi connectivity index (χ4n) is 1.90. The summed E-state index contributed by atoms with van der Waals surface area (Å²) in [6.07, 6.45) is 1.90. The van der Waals surface area contributed by atoms with Gasteiger partial charge in [0.1, 0.15) is 0 Å². The van der Waals surface area contributed by atoms with Gasteiger partial charge in [-0.2, -0.15) is 0 Å². The third kappa shape index (κ3) is 1.91. The number of carboxylic acid groups (broad SMARTS) is 1. The summed E-state index contributed by atoms with van der Waals surface area (Å²) in [6, 6.07) is 5.89. The molecular formula is C12H12ClNO2. The van der Waals surface area contributed by atoms with Crippen molar-refractivity contribution in [2.45, 2.75) is 19.9 Å². The molecule has 0 aliphatic rings. The minimum absolute atomic E-state index is 0.106. The SMILES string of the molecule is Cc1cccc2c(Cl)cn(CCC(=O)O)c12. The van der Waals surface area contributed by atoms with Gasteiger partial charge in [-0.15, -0.1) is 0 Å². The van der Waals surface area contributed by atoms with Crippen molar-refractivity contribution in [3.63, 3.8) is 0 Å². The molecule has 1 heterocycles. The first-order valence-electron chi connectivity index (χ1n) is 5.05. The Bertz CT molecular complexity index is 545. The molecule has 3 nitrogen and oxygen atoms in total. The van der Waals surface area contributed by atoms with Crippen molar-refractivity contribution in [1.82, 2.24) is 4.57 Å². The molecule has 0 bridgehead atoms. The lowest BCUT2D eigenvalue weighted by Crippen LogP contribution is -2.03. The lowest BCUT2D eigenvalue weighted by Gasteiger charge is -2.05. The molecule has 1 aromatic heterocycles. The summed E-state index contributed by atoms with van der Waals surface area (Å²) < 4.78 is 1.90. The number of rotatable bonds is 3. The molecule has 0 fully saturated rings. The quantitative estimate of drug-likeness (QED) is 0.892. The zero-order valence-electron chi connectivity index (χ0n) is 8.90. The van der Waals surface area contributed by atoms with Crippen molar-refractivity contribution >= 4 is 28.5 Å². The van der Waals surface area contributed by atoms with Crippen molar-refractivity contribution < 1.29 is 9.90 Å². The van der Waals surface area contributed by atoms with Crippen LogP contribution < -0.4 is 0 Å². The Kier molecular flexibility index (Phi) is 2.88. The molecule has 4 heteroatoms. The van der Waals surface area contributed by atoms with Gasteiger partial charge in [0.05, 0.1) is 17.0 Å². The first-order chi connectivity index (χ1) is 7.59. The zero-order valence-corrected chi connectivity index (χ0v) is 9.66. The molecular weight excluding hydrogens is 226 g/mol. The molecule has 2 aromatic rings. The van der Waals surface area contributed by atoms with Crippen LogP contribution in [0.5, 0.6) is 0 Å². The normalized spacial score (nSPS) is 10.9. The zero-order chi connectivity index (χ0) is 11.7. The Balaban J connectivity index is 2.49. The van der Waals surface area contributed by atoms with E-state index in [1.54, 1.807) is 6.20 Å². The van der Waals surface area contributed by atoms with Gasteiger partial charge in [0.25, 0.3) is 0 Å². The van der Waals surface area contributed by atoms with Crippen LogP contribution in [-0.4, -0.2) is 15.6 Å². The molecule has 16 heavy (non-hydrogen) atoms. The van der Waals surface area contributed by atoms with Gasteiger partial charge < -0.3 is 9.67 Å². The summed E-state index contributed by atoms with van der Waals surface area (Å²) in [5, 5.41) is 10.3. The lowest BCUT2D eigenvalue weighted by molar-refractivity contribution is -0.137. The summed E-state index contributed by atoms with van der Waals surface area (Å²) >= 11 is 6.10. The molecule has 0 unspecified atom stereocenters. The highest BCUT2D eigenvalue weighted by Crippen LogP contribution is 2.28. The van der Waals surface area contributed by atoms with E-state index in [9.17, 15) is 4.79 Å². The number of aromatic nitrogens is 1. The molecule has 1 N–H and O–H groups in total. The van der Waals surface area contributed by atoms with Crippen molar-refractivity contribution in [3.8, 4) is 0 Å². The number of aryl methyl sites for hydroxylation is 2. The van der Waals surface area contributed by atoms with Crippen LogP contribution in [0.3, 0.4) is 0 Å². The molecule has 0 amide bonds. The molecule has 0 spiro atoms. The molecule has 0 radical (unpaired) electrons. The summed E-state index contributed by atoms with van der Waals surface area (Å²) in [5.41, 5.74) is 2.13. The Morgan fingerprint density at radius 3 is 2.94 bits per heavy atom. The van der Waals surface area contributed by atoms with Gasteiger partial charge in [-0.25, -0.2) is 0 Å². The van der Waals surface area contributed by atoms with Crippen molar-refractivity contribution in [2.75, 3.05) is 0 Å². The number of carboxylic acids is 1. The Hall–Kier alpha value is -1.48. The minimum atomic E-state index is -0.799. The standard InChI is InChI=1S/C12H12ClNO2/c1-8-3-2-4-9-10(13)7-14(12(8)9)6-5-11(15)16/h2-4,7H,5-6H2,1H3,(H,15,16). The number of hydrogen-bond acceptors (Lipinski definition) is 1. The monoisotopic (exact) mass is 237 g/mol. The number of carbonyl (C=O) groups is 1. The number of halogens is 1. The first kappa shape index (κ1) is 11.0. The summed E-state index contributed by atoms with van der Waals surface area (Å²) in [4.78, 5) is 10.6. The highest BCUT2D eigenvalue weighted by Gasteiger charge is 2.09. The average molecular weight is 238 g/mol. The maximum Gasteiger partial charge on any atom is 0.305 e. The van der Waals surface area contributed by atoms with Crippen LogP contribution in [0.4, 0.5) is 0 Å². The van der Waals surface area contributed by atoms with Crippen molar-refractivity contribution in [3.05, 3.63) is 35.0 Å². The second kappa shape index (κ2) is 4.18. The topological polar surface area (TPSA) is 42.2 Å². The molecule has 0 atom stereocenters. The van der Waals surface area contributed by atoms with Gasteiger partial charge in [-0.1, -0.05) is 29.8 Å². The van der Waals surface area contributed by atoms with E-state index in [0.717, 1.165) is 16.5 Å². The predicted molar refractivity (Wildman–Crippen MR) is 63.9 cm³/mol. The van der Waals surface area contributed by atoms with E-state index in [1.807, 2.05) is 29.7 Å². The third-order valence-corrected chi connectivity index (χ3v) is 2.92. The molecule has 0 saturated carbocycles. The Labute approximate surface area is 98.3 Å². The molecule has 0 aliphatic carbocycles. The number of aliphatic carboxylic acids is 1. The Morgan fingerprint density at radius 2 is 2.25 bits per heavy atom. The highest BCUT2D eigenvalue weighted by molar-refractivity contribution is 6.35. The van der Waals surface area contributed by atoms with Crippen LogP contribution in [0, 0.1) is 6.92 Å². The summed E-state index contributed by atoms with van der Waals surface area (Å²) in [5.74, 6) is -0.799.